The first-order valence-corrected chi connectivity index (χ1v) is 5.70. The lowest BCUT2D eigenvalue weighted by Crippen LogP contribution is -2.48. The second kappa shape index (κ2) is 5.47. The van der Waals surface area contributed by atoms with Crippen molar-refractivity contribution in [2.75, 3.05) is 13.7 Å². The molecule has 88 valence electrons. The van der Waals surface area contributed by atoms with Crippen LogP contribution in [0.15, 0.2) is 0 Å². The third kappa shape index (κ3) is 2.49. The lowest BCUT2D eigenvalue weighted by molar-refractivity contribution is -0.144. The Kier molecular flexibility index (Phi) is 4.54. The zero-order valence-corrected chi connectivity index (χ0v) is 9.90. The number of nitrogens with two attached hydrogens (primary N) is 1. The summed E-state index contributed by atoms with van der Waals surface area (Å²) in [5.74, 6) is 0.0526. The Hall–Kier alpha value is -0.610. The van der Waals surface area contributed by atoms with Crippen molar-refractivity contribution in [1.29, 1.82) is 0 Å². The van der Waals surface area contributed by atoms with E-state index in [1.165, 1.54) is 7.11 Å². The summed E-state index contributed by atoms with van der Waals surface area (Å²) in [5.41, 5.74) is 5.51. The van der Waals surface area contributed by atoms with Crippen molar-refractivity contribution in [3.63, 3.8) is 0 Å². The van der Waals surface area contributed by atoms with Crippen LogP contribution in [0.3, 0.4) is 0 Å². The maximum atomic E-state index is 12.1. The molecule has 1 saturated heterocycles. The van der Waals surface area contributed by atoms with Crippen molar-refractivity contribution in [3.05, 3.63) is 0 Å². The smallest absolute Gasteiger partial charge is 0.253 e. The van der Waals surface area contributed by atoms with Gasteiger partial charge >= 0.3 is 0 Å². The van der Waals surface area contributed by atoms with Gasteiger partial charge in [0.2, 0.25) is 0 Å². The molecule has 1 rings (SSSR count). The summed E-state index contributed by atoms with van der Waals surface area (Å²) in [7, 11) is 1.54. The number of amides is 1. The number of methoxy groups -OCH3 is 1. The average molecular weight is 214 g/mol. The third-order valence-corrected chi connectivity index (χ3v) is 3.29. The number of carbonyl (C=O) groups is 1. The van der Waals surface area contributed by atoms with Crippen LogP contribution < -0.4 is 5.73 Å². The quantitative estimate of drug-likeness (QED) is 0.751. The van der Waals surface area contributed by atoms with E-state index in [1.54, 1.807) is 0 Å². The van der Waals surface area contributed by atoms with Gasteiger partial charge < -0.3 is 15.4 Å². The molecule has 1 fully saturated rings. The van der Waals surface area contributed by atoms with E-state index in [4.69, 9.17) is 10.5 Å². The van der Waals surface area contributed by atoms with Gasteiger partial charge in [-0.05, 0) is 26.2 Å². The second-order valence-corrected chi connectivity index (χ2v) is 4.19. The number of likely N-dealkylation sites (tertiary alicyclic amines) is 1. The molecule has 1 heterocycles. The third-order valence-electron chi connectivity index (χ3n) is 3.29. The highest BCUT2D eigenvalue weighted by atomic mass is 16.5. The number of ether oxygens (including phenoxy) is 1. The summed E-state index contributed by atoms with van der Waals surface area (Å²) in [5, 5.41) is 0. The van der Waals surface area contributed by atoms with E-state index in [-0.39, 0.29) is 12.5 Å². The zero-order chi connectivity index (χ0) is 11.4. The molecular formula is C11H22N2O2. The molecule has 0 bridgehead atoms. The van der Waals surface area contributed by atoms with Crippen molar-refractivity contribution < 1.29 is 9.53 Å². The SMILES string of the molecule is CCC1CCC(C)N1C(=O)C(CN)OC. The first-order chi connectivity index (χ1) is 7.15. The van der Waals surface area contributed by atoms with Crippen LogP contribution in [0.4, 0.5) is 0 Å². The Morgan fingerprint density at radius 1 is 1.60 bits per heavy atom. The molecule has 1 aliphatic heterocycles. The van der Waals surface area contributed by atoms with Crippen LogP contribution in [0.25, 0.3) is 0 Å². The lowest BCUT2D eigenvalue weighted by atomic mass is 10.1. The molecule has 0 aromatic rings. The van der Waals surface area contributed by atoms with Crippen molar-refractivity contribution in [2.45, 2.75) is 51.3 Å². The molecule has 0 spiro atoms. The number of nitrogens with zero attached hydrogens (tertiary/aromatic N) is 1. The number of carbonyl (C=O) groups excluding carboxylic acids is 1. The zero-order valence-electron chi connectivity index (χ0n) is 9.90. The fourth-order valence-corrected chi connectivity index (χ4v) is 2.33. The van der Waals surface area contributed by atoms with Crippen LogP contribution in [-0.2, 0) is 9.53 Å². The Labute approximate surface area is 91.8 Å². The highest BCUT2D eigenvalue weighted by Gasteiger charge is 2.36. The van der Waals surface area contributed by atoms with Gasteiger partial charge in [0.25, 0.3) is 5.91 Å². The van der Waals surface area contributed by atoms with Crippen LogP contribution in [0.2, 0.25) is 0 Å². The molecule has 0 aromatic carbocycles. The minimum Gasteiger partial charge on any atom is -0.370 e. The van der Waals surface area contributed by atoms with E-state index in [0.29, 0.717) is 12.1 Å². The van der Waals surface area contributed by atoms with Crippen LogP contribution in [0.1, 0.15) is 33.1 Å². The van der Waals surface area contributed by atoms with Gasteiger partial charge in [0.15, 0.2) is 0 Å². The Balaban J connectivity index is 2.71. The summed E-state index contributed by atoms with van der Waals surface area (Å²) in [6, 6.07) is 0.698. The number of rotatable bonds is 4. The van der Waals surface area contributed by atoms with E-state index in [0.717, 1.165) is 19.3 Å². The Morgan fingerprint density at radius 3 is 2.73 bits per heavy atom. The molecule has 0 saturated carbocycles. The molecule has 15 heavy (non-hydrogen) atoms. The van der Waals surface area contributed by atoms with Crippen molar-refractivity contribution in [2.24, 2.45) is 5.73 Å². The van der Waals surface area contributed by atoms with Gasteiger partial charge in [-0.2, -0.15) is 0 Å². The maximum Gasteiger partial charge on any atom is 0.253 e. The number of hydrogen-bond donors (Lipinski definition) is 1. The van der Waals surface area contributed by atoms with E-state index >= 15 is 0 Å². The van der Waals surface area contributed by atoms with Crippen LogP contribution in [0, 0.1) is 0 Å². The van der Waals surface area contributed by atoms with Crippen molar-refractivity contribution in [1.82, 2.24) is 4.90 Å². The molecule has 2 N–H and O–H groups in total. The Morgan fingerprint density at radius 2 is 2.27 bits per heavy atom. The van der Waals surface area contributed by atoms with Crippen LogP contribution in [-0.4, -0.2) is 42.6 Å². The molecule has 1 amide bonds. The highest BCUT2D eigenvalue weighted by Crippen LogP contribution is 2.26. The highest BCUT2D eigenvalue weighted by molar-refractivity contribution is 5.82. The summed E-state index contributed by atoms with van der Waals surface area (Å²) < 4.78 is 5.10. The monoisotopic (exact) mass is 214 g/mol. The van der Waals surface area contributed by atoms with E-state index in [9.17, 15) is 4.79 Å². The molecule has 0 aliphatic carbocycles. The first kappa shape index (κ1) is 12.5. The minimum absolute atomic E-state index is 0.0526. The van der Waals surface area contributed by atoms with Crippen molar-refractivity contribution in [3.8, 4) is 0 Å². The summed E-state index contributed by atoms with van der Waals surface area (Å²) in [4.78, 5) is 14.1. The van der Waals surface area contributed by atoms with Crippen molar-refractivity contribution >= 4 is 5.91 Å². The fraction of sp³-hybridized carbons (Fsp3) is 0.909. The van der Waals surface area contributed by atoms with Gasteiger partial charge in [0, 0.05) is 25.7 Å². The average Bonchev–Trinajstić information content (AvgIpc) is 2.61. The summed E-state index contributed by atoms with van der Waals surface area (Å²) in [6.07, 6.45) is 2.73. The summed E-state index contributed by atoms with van der Waals surface area (Å²) in [6.45, 7) is 4.47. The first-order valence-electron chi connectivity index (χ1n) is 5.70. The maximum absolute atomic E-state index is 12.1. The normalized spacial score (nSPS) is 28.1. The molecule has 3 unspecified atom stereocenters. The van der Waals surface area contributed by atoms with E-state index in [1.807, 2.05) is 4.90 Å². The molecule has 1 aliphatic rings. The second-order valence-electron chi connectivity index (χ2n) is 4.19. The van der Waals surface area contributed by atoms with Gasteiger partial charge in [-0.3, -0.25) is 4.79 Å². The van der Waals surface area contributed by atoms with Crippen LogP contribution >= 0.6 is 0 Å². The molecular weight excluding hydrogens is 192 g/mol. The molecule has 0 aromatic heterocycles. The Bertz CT molecular complexity index is 217. The van der Waals surface area contributed by atoms with Gasteiger partial charge in [-0.15, -0.1) is 0 Å². The standard InChI is InChI=1S/C11H22N2O2/c1-4-9-6-5-8(2)13(9)11(14)10(7-12)15-3/h8-10H,4-7,12H2,1-3H3. The fourth-order valence-electron chi connectivity index (χ4n) is 2.33. The minimum atomic E-state index is -0.473. The largest absolute Gasteiger partial charge is 0.370 e. The lowest BCUT2D eigenvalue weighted by Gasteiger charge is -2.30. The molecule has 4 nitrogen and oxygen atoms in total. The molecule has 3 atom stereocenters. The number of hydrogen-bond acceptors (Lipinski definition) is 3. The molecule has 4 heteroatoms. The van der Waals surface area contributed by atoms with Gasteiger partial charge in [0.05, 0.1) is 0 Å². The predicted molar refractivity (Wildman–Crippen MR) is 59.5 cm³/mol. The van der Waals surface area contributed by atoms with Crippen LogP contribution in [0.5, 0.6) is 0 Å². The van der Waals surface area contributed by atoms with Gasteiger partial charge in [-0.1, -0.05) is 6.92 Å². The van der Waals surface area contributed by atoms with Gasteiger partial charge in [-0.25, -0.2) is 0 Å². The van der Waals surface area contributed by atoms with E-state index < -0.39 is 6.10 Å². The molecule has 0 radical (unpaired) electrons. The topological polar surface area (TPSA) is 55.6 Å². The predicted octanol–water partition coefficient (Wildman–Crippen LogP) is 0.750. The van der Waals surface area contributed by atoms with Gasteiger partial charge in [0.1, 0.15) is 6.10 Å². The summed E-state index contributed by atoms with van der Waals surface area (Å²) >= 11 is 0. The van der Waals surface area contributed by atoms with E-state index in [2.05, 4.69) is 13.8 Å².